The summed E-state index contributed by atoms with van der Waals surface area (Å²) in [5.41, 5.74) is 6.06. The number of rotatable bonds is 8. The van der Waals surface area contributed by atoms with Gasteiger partial charge in [-0.3, -0.25) is 9.59 Å². The van der Waals surface area contributed by atoms with E-state index in [9.17, 15) is 9.59 Å². The molecule has 34 heavy (non-hydrogen) atoms. The van der Waals surface area contributed by atoms with Crippen LogP contribution < -0.4 is 10.6 Å². The van der Waals surface area contributed by atoms with Crippen molar-refractivity contribution in [2.24, 2.45) is 0 Å². The van der Waals surface area contributed by atoms with Gasteiger partial charge in [0.25, 0.3) is 5.91 Å². The maximum atomic E-state index is 12.6. The molecule has 3 aromatic carbocycles. The molecular formula is C27H28Cl2N2O3. The predicted octanol–water partition coefficient (Wildman–Crippen LogP) is 7.04. The summed E-state index contributed by atoms with van der Waals surface area (Å²) in [6.45, 7) is 7.26. The minimum atomic E-state index is -1.07. The fourth-order valence-electron chi connectivity index (χ4n) is 3.96. The monoisotopic (exact) mass is 498 g/mol. The molecule has 0 aliphatic rings. The van der Waals surface area contributed by atoms with Crippen LogP contribution in [-0.2, 0) is 4.79 Å². The molecule has 178 valence electrons. The van der Waals surface area contributed by atoms with Crippen molar-refractivity contribution in [3.8, 4) is 11.1 Å². The molecule has 0 saturated carbocycles. The number of carbonyl (C=O) groups excluding carboxylic acids is 1. The fourth-order valence-corrected chi connectivity index (χ4v) is 4.27. The van der Waals surface area contributed by atoms with Crippen LogP contribution in [0.15, 0.2) is 54.6 Å². The average Bonchev–Trinajstić information content (AvgIpc) is 2.79. The van der Waals surface area contributed by atoms with Gasteiger partial charge in [-0.1, -0.05) is 60.5 Å². The summed E-state index contributed by atoms with van der Waals surface area (Å²) in [7, 11) is 0. The molecule has 3 rings (SSSR count). The molecule has 0 aromatic heterocycles. The number of amides is 1. The second-order valence-electron chi connectivity index (χ2n) is 8.38. The molecule has 0 aliphatic carbocycles. The first kappa shape index (κ1) is 25.6. The molecule has 5 nitrogen and oxygen atoms in total. The molecule has 1 unspecified atom stereocenters. The summed E-state index contributed by atoms with van der Waals surface area (Å²) in [5.74, 6) is -1.46. The zero-order valence-electron chi connectivity index (χ0n) is 19.6. The Hall–Kier alpha value is -3.02. The SMILES string of the molecule is CCC(Nc1cccc(-c2cc(C)c(C(=O)N[C@@H](C)C(=O)O)c(C)c2)c1)c1ccc(Cl)c(Cl)c1. The molecule has 0 radical (unpaired) electrons. The Morgan fingerprint density at radius 2 is 1.62 bits per heavy atom. The summed E-state index contributed by atoms with van der Waals surface area (Å²) < 4.78 is 0. The molecule has 3 N–H and O–H groups in total. The first-order chi connectivity index (χ1) is 16.1. The van der Waals surface area contributed by atoms with Gasteiger partial charge >= 0.3 is 5.97 Å². The summed E-state index contributed by atoms with van der Waals surface area (Å²) in [4.78, 5) is 23.7. The molecule has 0 aliphatic heterocycles. The summed E-state index contributed by atoms with van der Waals surface area (Å²) >= 11 is 12.3. The smallest absolute Gasteiger partial charge is 0.325 e. The van der Waals surface area contributed by atoms with E-state index in [2.05, 4.69) is 23.6 Å². The number of carboxylic acids is 1. The van der Waals surface area contributed by atoms with Crippen LogP contribution in [0.2, 0.25) is 10.0 Å². The van der Waals surface area contributed by atoms with Gasteiger partial charge in [0.15, 0.2) is 0 Å². The van der Waals surface area contributed by atoms with Gasteiger partial charge in [-0.15, -0.1) is 0 Å². The quantitative estimate of drug-likeness (QED) is 0.311. The number of aryl methyl sites for hydroxylation is 2. The Labute approximate surface area is 210 Å². The summed E-state index contributed by atoms with van der Waals surface area (Å²) in [5, 5.41) is 16.2. The van der Waals surface area contributed by atoms with Crippen molar-refractivity contribution in [2.45, 2.75) is 46.2 Å². The van der Waals surface area contributed by atoms with Crippen LogP contribution in [0.4, 0.5) is 5.69 Å². The molecule has 0 saturated heterocycles. The maximum absolute atomic E-state index is 12.6. The lowest BCUT2D eigenvalue weighted by molar-refractivity contribution is -0.138. The number of benzene rings is 3. The van der Waals surface area contributed by atoms with Crippen molar-refractivity contribution in [3.63, 3.8) is 0 Å². The van der Waals surface area contributed by atoms with E-state index in [1.165, 1.54) is 6.92 Å². The number of carbonyl (C=O) groups is 2. The molecule has 7 heteroatoms. The van der Waals surface area contributed by atoms with Crippen molar-refractivity contribution in [1.82, 2.24) is 5.32 Å². The number of halogens is 2. The zero-order valence-corrected chi connectivity index (χ0v) is 21.1. The number of carboxylic acid groups (broad SMARTS) is 1. The Kier molecular flexibility index (Phi) is 8.24. The van der Waals surface area contributed by atoms with Gasteiger partial charge in [-0.05, 0) is 79.3 Å². The third-order valence-electron chi connectivity index (χ3n) is 5.77. The highest BCUT2D eigenvalue weighted by Gasteiger charge is 2.19. The van der Waals surface area contributed by atoms with Crippen LogP contribution in [0.3, 0.4) is 0 Å². The number of anilines is 1. The highest BCUT2D eigenvalue weighted by Crippen LogP contribution is 2.31. The van der Waals surface area contributed by atoms with E-state index in [0.717, 1.165) is 39.9 Å². The van der Waals surface area contributed by atoms with Crippen LogP contribution in [0.25, 0.3) is 11.1 Å². The van der Waals surface area contributed by atoms with E-state index in [1.54, 1.807) is 6.07 Å². The van der Waals surface area contributed by atoms with Crippen LogP contribution in [0.5, 0.6) is 0 Å². The standard InChI is InChI=1S/C27H28Cl2N2O3/c1-5-24(19-9-10-22(28)23(29)14-19)31-21-8-6-7-18(13-21)20-11-15(2)25(16(3)12-20)26(32)30-17(4)27(33)34/h6-14,17,24,31H,5H2,1-4H3,(H,30,32)(H,33,34)/t17-,24?/m0/s1. The van der Waals surface area contributed by atoms with Gasteiger partial charge in [0.05, 0.1) is 16.1 Å². The Morgan fingerprint density at radius 1 is 0.941 bits per heavy atom. The van der Waals surface area contributed by atoms with E-state index >= 15 is 0 Å². The van der Waals surface area contributed by atoms with E-state index < -0.39 is 12.0 Å². The van der Waals surface area contributed by atoms with Crippen molar-refractivity contribution < 1.29 is 14.7 Å². The molecule has 2 atom stereocenters. The zero-order chi connectivity index (χ0) is 25.0. The number of hydrogen-bond donors (Lipinski definition) is 3. The Bertz CT molecular complexity index is 1200. The topological polar surface area (TPSA) is 78.4 Å². The summed E-state index contributed by atoms with van der Waals surface area (Å²) in [6, 6.07) is 16.7. The largest absolute Gasteiger partial charge is 0.480 e. The molecule has 0 spiro atoms. The predicted molar refractivity (Wildman–Crippen MR) is 139 cm³/mol. The van der Waals surface area contributed by atoms with Crippen LogP contribution >= 0.6 is 23.2 Å². The van der Waals surface area contributed by atoms with Gasteiger partial charge in [0.2, 0.25) is 0 Å². The van der Waals surface area contributed by atoms with Crippen molar-refractivity contribution >= 4 is 40.8 Å². The van der Waals surface area contributed by atoms with Crippen molar-refractivity contribution in [1.29, 1.82) is 0 Å². The molecule has 3 aromatic rings. The van der Waals surface area contributed by atoms with E-state index in [0.29, 0.717) is 15.6 Å². The molecule has 0 heterocycles. The number of aliphatic carboxylic acids is 1. The van der Waals surface area contributed by atoms with Gasteiger partial charge in [-0.2, -0.15) is 0 Å². The minimum Gasteiger partial charge on any atom is -0.480 e. The molecule has 1 amide bonds. The minimum absolute atomic E-state index is 0.0655. The van der Waals surface area contributed by atoms with Crippen molar-refractivity contribution in [3.05, 3.63) is 86.9 Å². The fraction of sp³-hybridized carbons (Fsp3) is 0.259. The van der Waals surface area contributed by atoms with Crippen LogP contribution in [0.1, 0.15) is 53.4 Å². The number of hydrogen-bond acceptors (Lipinski definition) is 3. The lowest BCUT2D eigenvalue weighted by atomic mass is 9.94. The van der Waals surface area contributed by atoms with E-state index in [1.807, 2.05) is 56.3 Å². The summed E-state index contributed by atoms with van der Waals surface area (Å²) in [6.07, 6.45) is 0.860. The van der Waals surface area contributed by atoms with Crippen LogP contribution in [0, 0.1) is 13.8 Å². The Morgan fingerprint density at radius 3 is 2.21 bits per heavy atom. The lowest BCUT2D eigenvalue weighted by Crippen LogP contribution is -2.38. The van der Waals surface area contributed by atoms with Gasteiger partial charge in [0.1, 0.15) is 6.04 Å². The first-order valence-corrected chi connectivity index (χ1v) is 11.8. The van der Waals surface area contributed by atoms with Gasteiger partial charge in [0, 0.05) is 11.3 Å². The van der Waals surface area contributed by atoms with Crippen molar-refractivity contribution in [2.75, 3.05) is 5.32 Å². The lowest BCUT2D eigenvalue weighted by Gasteiger charge is -2.20. The molecule has 0 bridgehead atoms. The second-order valence-corrected chi connectivity index (χ2v) is 9.19. The molecule has 0 fully saturated rings. The number of nitrogens with one attached hydrogen (secondary N) is 2. The second kappa shape index (κ2) is 10.9. The van der Waals surface area contributed by atoms with E-state index in [4.69, 9.17) is 28.3 Å². The maximum Gasteiger partial charge on any atom is 0.325 e. The van der Waals surface area contributed by atoms with Gasteiger partial charge in [-0.25, -0.2) is 0 Å². The average molecular weight is 499 g/mol. The Balaban J connectivity index is 1.86. The highest BCUT2D eigenvalue weighted by atomic mass is 35.5. The highest BCUT2D eigenvalue weighted by molar-refractivity contribution is 6.42. The molecular weight excluding hydrogens is 471 g/mol. The van der Waals surface area contributed by atoms with Crippen LogP contribution in [-0.4, -0.2) is 23.0 Å². The van der Waals surface area contributed by atoms with E-state index in [-0.39, 0.29) is 11.9 Å². The first-order valence-electron chi connectivity index (χ1n) is 11.1. The normalized spacial score (nSPS) is 12.6. The van der Waals surface area contributed by atoms with Gasteiger partial charge < -0.3 is 15.7 Å². The third-order valence-corrected chi connectivity index (χ3v) is 6.51. The third kappa shape index (κ3) is 5.91.